The minimum atomic E-state index is -0.441. The van der Waals surface area contributed by atoms with Crippen LogP contribution in [0.3, 0.4) is 0 Å². The van der Waals surface area contributed by atoms with Gasteiger partial charge in [-0.1, -0.05) is 42.5 Å². The standard InChI is InChI=1S/C15H21NO2/c1-15(2,3)18-14(17)16-12-8-7-11-13-9-5-4-6-10-13/h4-7,9-11H,8,12H2,1-3H3,(H,16,17)/b11-7-. The zero-order valence-corrected chi connectivity index (χ0v) is 11.3. The summed E-state index contributed by atoms with van der Waals surface area (Å²) in [4.78, 5) is 11.3. The normalized spacial score (nSPS) is 11.5. The van der Waals surface area contributed by atoms with Crippen LogP contribution in [0.4, 0.5) is 4.79 Å². The predicted octanol–water partition coefficient (Wildman–Crippen LogP) is 3.61. The summed E-state index contributed by atoms with van der Waals surface area (Å²) in [5, 5.41) is 2.71. The molecular weight excluding hydrogens is 226 g/mol. The summed E-state index contributed by atoms with van der Waals surface area (Å²) >= 11 is 0. The van der Waals surface area contributed by atoms with E-state index < -0.39 is 5.60 Å². The molecule has 0 saturated heterocycles. The van der Waals surface area contributed by atoms with E-state index in [1.54, 1.807) is 0 Å². The maximum atomic E-state index is 11.3. The molecule has 1 amide bonds. The molecular formula is C15H21NO2. The number of ether oxygens (including phenoxy) is 1. The third kappa shape index (κ3) is 6.74. The van der Waals surface area contributed by atoms with Crippen LogP contribution in [0.2, 0.25) is 0 Å². The van der Waals surface area contributed by atoms with Gasteiger partial charge in [-0.3, -0.25) is 0 Å². The van der Waals surface area contributed by atoms with Crippen LogP contribution in [-0.4, -0.2) is 18.2 Å². The summed E-state index contributed by atoms with van der Waals surface area (Å²) in [5.74, 6) is 0. The number of rotatable bonds is 4. The summed E-state index contributed by atoms with van der Waals surface area (Å²) in [6, 6.07) is 10.1. The number of hydrogen-bond acceptors (Lipinski definition) is 2. The summed E-state index contributed by atoms with van der Waals surface area (Å²) in [7, 11) is 0. The second kappa shape index (κ2) is 6.84. The van der Waals surface area contributed by atoms with E-state index in [0.29, 0.717) is 6.54 Å². The molecule has 0 aliphatic rings. The average Bonchev–Trinajstić information content (AvgIpc) is 2.27. The molecule has 0 radical (unpaired) electrons. The van der Waals surface area contributed by atoms with Gasteiger partial charge in [0.15, 0.2) is 0 Å². The van der Waals surface area contributed by atoms with Gasteiger partial charge in [-0.15, -0.1) is 0 Å². The molecule has 1 aromatic rings. The van der Waals surface area contributed by atoms with Crippen LogP contribution in [0.25, 0.3) is 6.08 Å². The van der Waals surface area contributed by atoms with E-state index in [1.807, 2.05) is 63.3 Å². The van der Waals surface area contributed by atoms with Crippen molar-refractivity contribution in [3.63, 3.8) is 0 Å². The number of nitrogens with one attached hydrogen (secondary N) is 1. The van der Waals surface area contributed by atoms with Crippen molar-refractivity contribution in [3.8, 4) is 0 Å². The van der Waals surface area contributed by atoms with Gasteiger partial charge in [0.2, 0.25) is 0 Å². The first kappa shape index (κ1) is 14.3. The van der Waals surface area contributed by atoms with Crippen molar-refractivity contribution in [2.45, 2.75) is 32.8 Å². The molecule has 0 aromatic heterocycles. The van der Waals surface area contributed by atoms with Crippen molar-refractivity contribution in [1.29, 1.82) is 0 Å². The highest BCUT2D eigenvalue weighted by Gasteiger charge is 2.14. The van der Waals surface area contributed by atoms with Crippen molar-refractivity contribution in [1.82, 2.24) is 5.32 Å². The minimum absolute atomic E-state index is 0.365. The van der Waals surface area contributed by atoms with Crippen molar-refractivity contribution >= 4 is 12.2 Å². The third-order valence-corrected chi connectivity index (χ3v) is 2.09. The van der Waals surface area contributed by atoms with Gasteiger partial charge in [0.1, 0.15) is 5.60 Å². The van der Waals surface area contributed by atoms with E-state index in [4.69, 9.17) is 4.74 Å². The molecule has 1 N–H and O–H groups in total. The number of hydrogen-bond donors (Lipinski definition) is 1. The lowest BCUT2D eigenvalue weighted by Crippen LogP contribution is -2.32. The molecule has 18 heavy (non-hydrogen) atoms. The highest BCUT2D eigenvalue weighted by Crippen LogP contribution is 2.06. The summed E-state index contributed by atoms with van der Waals surface area (Å²) in [5.41, 5.74) is 0.721. The molecule has 0 heterocycles. The highest BCUT2D eigenvalue weighted by molar-refractivity contribution is 5.67. The minimum Gasteiger partial charge on any atom is -0.444 e. The molecule has 1 aromatic carbocycles. The van der Waals surface area contributed by atoms with Gasteiger partial charge in [-0.05, 0) is 32.8 Å². The van der Waals surface area contributed by atoms with E-state index in [-0.39, 0.29) is 6.09 Å². The second-order valence-electron chi connectivity index (χ2n) is 5.03. The van der Waals surface area contributed by atoms with Crippen molar-refractivity contribution in [3.05, 3.63) is 42.0 Å². The molecule has 0 aliphatic heterocycles. The van der Waals surface area contributed by atoms with Gasteiger partial charge in [0.25, 0.3) is 0 Å². The van der Waals surface area contributed by atoms with E-state index in [9.17, 15) is 4.79 Å². The monoisotopic (exact) mass is 247 g/mol. The van der Waals surface area contributed by atoms with Crippen LogP contribution in [0, 0.1) is 0 Å². The third-order valence-electron chi connectivity index (χ3n) is 2.09. The second-order valence-corrected chi connectivity index (χ2v) is 5.03. The quantitative estimate of drug-likeness (QED) is 0.825. The van der Waals surface area contributed by atoms with Crippen molar-refractivity contribution in [2.75, 3.05) is 6.54 Å². The predicted molar refractivity (Wildman–Crippen MR) is 74.3 cm³/mol. The highest BCUT2D eigenvalue weighted by atomic mass is 16.6. The van der Waals surface area contributed by atoms with E-state index in [0.717, 1.165) is 12.0 Å². The Morgan fingerprint density at radius 2 is 1.94 bits per heavy atom. The fraction of sp³-hybridized carbons (Fsp3) is 0.400. The van der Waals surface area contributed by atoms with E-state index in [2.05, 4.69) is 5.32 Å². The van der Waals surface area contributed by atoms with Gasteiger partial charge in [-0.25, -0.2) is 4.79 Å². The molecule has 0 bridgehead atoms. The number of amides is 1. The number of carbonyl (C=O) groups excluding carboxylic acids is 1. The van der Waals surface area contributed by atoms with Crippen LogP contribution in [0.15, 0.2) is 36.4 Å². The SMILES string of the molecule is CC(C)(C)OC(=O)NCC/C=C\c1ccccc1. The Morgan fingerprint density at radius 3 is 2.56 bits per heavy atom. The first-order chi connectivity index (χ1) is 8.47. The summed E-state index contributed by atoms with van der Waals surface area (Å²) in [6.45, 7) is 6.13. The molecule has 0 saturated carbocycles. The van der Waals surface area contributed by atoms with Gasteiger partial charge < -0.3 is 10.1 Å². The molecule has 3 nitrogen and oxygen atoms in total. The lowest BCUT2D eigenvalue weighted by Gasteiger charge is -2.19. The lowest BCUT2D eigenvalue weighted by atomic mass is 10.2. The molecule has 1 rings (SSSR count). The fourth-order valence-corrected chi connectivity index (χ4v) is 1.36. The molecule has 0 spiro atoms. The first-order valence-corrected chi connectivity index (χ1v) is 6.16. The van der Waals surface area contributed by atoms with E-state index >= 15 is 0 Å². The Labute approximate surface area is 109 Å². The lowest BCUT2D eigenvalue weighted by molar-refractivity contribution is 0.0529. The Bertz CT molecular complexity index is 391. The number of carbonyl (C=O) groups is 1. The van der Waals surface area contributed by atoms with Crippen LogP contribution in [0.5, 0.6) is 0 Å². The Morgan fingerprint density at radius 1 is 1.28 bits per heavy atom. The zero-order valence-electron chi connectivity index (χ0n) is 11.3. The zero-order chi connectivity index (χ0) is 13.4. The molecule has 0 fully saturated rings. The van der Waals surface area contributed by atoms with Crippen LogP contribution >= 0.6 is 0 Å². The molecule has 0 unspecified atom stereocenters. The Balaban J connectivity index is 2.19. The van der Waals surface area contributed by atoms with Crippen LogP contribution in [-0.2, 0) is 4.74 Å². The Hall–Kier alpha value is -1.77. The molecule has 3 heteroatoms. The Kier molecular flexibility index (Phi) is 5.43. The van der Waals surface area contributed by atoms with Crippen LogP contribution in [0.1, 0.15) is 32.8 Å². The van der Waals surface area contributed by atoms with Crippen molar-refractivity contribution in [2.24, 2.45) is 0 Å². The molecule has 0 aliphatic carbocycles. The van der Waals surface area contributed by atoms with E-state index in [1.165, 1.54) is 0 Å². The van der Waals surface area contributed by atoms with Gasteiger partial charge in [0, 0.05) is 6.54 Å². The summed E-state index contributed by atoms with van der Waals surface area (Å²) in [6.07, 6.45) is 4.49. The van der Waals surface area contributed by atoms with Crippen LogP contribution < -0.4 is 5.32 Å². The van der Waals surface area contributed by atoms with Crippen molar-refractivity contribution < 1.29 is 9.53 Å². The topological polar surface area (TPSA) is 38.3 Å². The maximum absolute atomic E-state index is 11.3. The molecule has 98 valence electrons. The number of alkyl carbamates (subject to hydrolysis) is 1. The number of benzene rings is 1. The maximum Gasteiger partial charge on any atom is 0.407 e. The summed E-state index contributed by atoms with van der Waals surface area (Å²) < 4.78 is 5.13. The average molecular weight is 247 g/mol. The van der Waals surface area contributed by atoms with Gasteiger partial charge >= 0.3 is 6.09 Å². The largest absolute Gasteiger partial charge is 0.444 e. The van der Waals surface area contributed by atoms with Gasteiger partial charge in [0.05, 0.1) is 0 Å². The van der Waals surface area contributed by atoms with Gasteiger partial charge in [-0.2, -0.15) is 0 Å². The molecule has 0 atom stereocenters. The smallest absolute Gasteiger partial charge is 0.407 e. The first-order valence-electron chi connectivity index (χ1n) is 6.16. The fourth-order valence-electron chi connectivity index (χ4n) is 1.36.